The van der Waals surface area contributed by atoms with Crippen molar-refractivity contribution in [2.24, 2.45) is 16.8 Å². The fraction of sp³-hybridized carbons (Fsp3) is 0.429. The third-order valence-corrected chi connectivity index (χ3v) is 3.54. The van der Waals surface area contributed by atoms with Crippen molar-refractivity contribution in [3.05, 3.63) is 35.9 Å². The number of hydrogen-bond acceptors (Lipinski definition) is 4. The van der Waals surface area contributed by atoms with Crippen LogP contribution in [0.5, 0.6) is 0 Å². The molecule has 1 heterocycles. The van der Waals surface area contributed by atoms with Gasteiger partial charge in [-0.05, 0) is 18.9 Å². The van der Waals surface area contributed by atoms with E-state index < -0.39 is 6.04 Å². The Kier molecular flexibility index (Phi) is 4.57. The molecule has 0 bridgehead atoms. The van der Waals surface area contributed by atoms with Crippen molar-refractivity contribution in [3.8, 4) is 0 Å². The van der Waals surface area contributed by atoms with Gasteiger partial charge in [0.25, 0.3) is 0 Å². The SMILES string of the molecule is CC1OCCC1C(=O)NC(C(N)=NO)c1ccccc1. The first-order valence-corrected chi connectivity index (χ1v) is 6.58. The molecular formula is C14H19N3O3. The van der Waals surface area contributed by atoms with Crippen LogP contribution in [0.4, 0.5) is 0 Å². The van der Waals surface area contributed by atoms with Crippen molar-refractivity contribution in [2.75, 3.05) is 6.61 Å². The summed E-state index contributed by atoms with van der Waals surface area (Å²) in [5, 5.41) is 14.7. The minimum atomic E-state index is -0.638. The summed E-state index contributed by atoms with van der Waals surface area (Å²) in [5.74, 6) is -0.390. The highest BCUT2D eigenvalue weighted by molar-refractivity contribution is 5.91. The van der Waals surface area contributed by atoms with Crippen LogP contribution in [-0.2, 0) is 9.53 Å². The Hall–Kier alpha value is -2.08. The van der Waals surface area contributed by atoms with Crippen molar-refractivity contribution in [1.82, 2.24) is 5.32 Å². The molecule has 0 spiro atoms. The summed E-state index contributed by atoms with van der Waals surface area (Å²) in [6.07, 6.45) is 0.573. The molecule has 1 amide bonds. The largest absolute Gasteiger partial charge is 0.409 e. The van der Waals surface area contributed by atoms with Gasteiger partial charge >= 0.3 is 0 Å². The first-order valence-electron chi connectivity index (χ1n) is 6.58. The Morgan fingerprint density at radius 3 is 2.75 bits per heavy atom. The van der Waals surface area contributed by atoms with E-state index in [2.05, 4.69) is 10.5 Å². The fourth-order valence-electron chi connectivity index (χ4n) is 2.36. The van der Waals surface area contributed by atoms with E-state index in [0.717, 1.165) is 5.56 Å². The van der Waals surface area contributed by atoms with Crippen LogP contribution in [0.15, 0.2) is 35.5 Å². The van der Waals surface area contributed by atoms with Gasteiger partial charge in [-0.1, -0.05) is 35.5 Å². The van der Waals surface area contributed by atoms with Crippen LogP contribution in [0.1, 0.15) is 24.9 Å². The lowest BCUT2D eigenvalue weighted by Crippen LogP contribution is -2.42. The quantitative estimate of drug-likeness (QED) is 0.331. The van der Waals surface area contributed by atoms with E-state index in [1.807, 2.05) is 37.3 Å². The highest BCUT2D eigenvalue weighted by Crippen LogP contribution is 2.22. The van der Waals surface area contributed by atoms with E-state index in [1.54, 1.807) is 0 Å². The van der Waals surface area contributed by atoms with E-state index in [4.69, 9.17) is 15.7 Å². The lowest BCUT2D eigenvalue weighted by atomic mass is 9.99. The highest BCUT2D eigenvalue weighted by atomic mass is 16.5. The molecular weight excluding hydrogens is 258 g/mol. The number of oxime groups is 1. The van der Waals surface area contributed by atoms with Gasteiger partial charge in [0.1, 0.15) is 6.04 Å². The van der Waals surface area contributed by atoms with Gasteiger partial charge in [0.2, 0.25) is 5.91 Å². The van der Waals surface area contributed by atoms with Gasteiger partial charge in [-0.25, -0.2) is 0 Å². The number of carbonyl (C=O) groups excluding carboxylic acids is 1. The van der Waals surface area contributed by atoms with E-state index in [0.29, 0.717) is 13.0 Å². The average Bonchev–Trinajstić information content (AvgIpc) is 2.91. The molecule has 6 nitrogen and oxygen atoms in total. The molecule has 3 unspecified atom stereocenters. The number of carbonyl (C=O) groups is 1. The van der Waals surface area contributed by atoms with Crippen LogP contribution in [0.2, 0.25) is 0 Å². The number of nitrogens with two attached hydrogens (primary N) is 1. The number of nitrogens with zero attached hydrogens (tertiary/aromatic N) is 1. The predicted molar refractivity (Wildman–Crippen MR) is 74.3 cm³/mol. The van der Waals surface area contributed by atoms with Crippen LogP contribution in [0.25, 0.3) is 0 Å². The molecule has 0 radical (unpaired) electrons. The van der Waals surface area contributed by atoms with E-state index >= 15 is 0 Å². The summed E-state index contributed by atoms with van der Waals surface area (Å²) in [5.41, 5.74) is 6.45. The second-order valence-electron chi connectivity index (χ2n) is 4.85. The maximum absolute atomic E-state index is 12.3. The first-order chi connectivity index (χ1) is 9.63. The second-order valence-corrected chi connectivity index (χ2v) is 4.85. The molecule has 1 fully saturated rings. The number of amidine groups is 1. The molecule has 2 rings (SSSR count). The number of benzene rings is 1. The molecule has 6 heteroatoms. The number of nitrogens with one attached hydrogen (secondary N) is 1. The Morgan fingerprint density at radius 2 is 2.20 bits per heavy atom. The minimum Gasteiger partial charge on any atom is -0.409 e. The average molecular weight is 277 g/mol. The molecule has 1 saturated heterocycles. The van der Waals surface area contributed by atoms with Gasteiger partial charge in [0, 0.05) is 6.61 Å². The Bertz CT molecular complexity index is 490. The molecule has 0 saturated carbocycles. The summed E-state index contributed by atoms with van der Waals surface area (Å²) in [6, 6.07) is 8.53. The third kappa shape index (κ3) is 3.08. The van der Waals surface area contributed by atoms with Gasteiger partial charge in [-0.15, -0.1) is 0 Å². The van der Waals surface area contributed by atoms with Gasteiger partial charge in [0.05, 0.1) is 12.0 Å². The molecule has 1 aromatic carbocycles. The summed E-state index contributed by atoms with van der Waals surface area (Å²) >= 11 is 0. The van der Waals surface area contributed by atoms with Crippen molar-refractivity contribution >= 4 is 11.7 Å². The van der Waals surface area contributed by atoms with Crippen LogP contribution >= 0.6 is 0 Å². The van der Waals surface area contributed by atoms with Crippen molar-refractivity contribution in [1.29, 1.82) is 0 Å². The molecule has 1 aliphatic rings. The lowest BCUT2D eigenvalue weighted by Gasteiger charge is -2.21. The van der Waals surface area contributed by atoms with Gasteiger partial charge < -0.3 is 21.0 Å². The lowest BCUT2D eigenvalue weighted by molar-refractivity contribution is -0.126. The van der Waals surface area contributed by atoms with Gasteiger partial charge in [-0.3, -0.25) is 4.79 Å². The predicted octanol–water partition coefficient (Wildman–Crippen LogP) is 1.02. The second kappa shape index (κ2) is 6.38. The summed E-state index contributed by atoms with van der Waals surface area (Å²) in [6.45, 7) is 2.46. The summed E-state index contributed by atoms with van der Waals surface area (Å²) in [4.78, 5) is 12.3. The number of amides is 1. The third-order valence-electron chi connectivity index (χ3n) is 3.54. The molecule has 108 valence electrons. The summed E-state index contributed by atoms with van der Waals surface area (Å²) in [7, 11) is 0. The van der Waals surface area contributed by atoms with Crippen LogP contribution in [0.3, 0.4) is 0 Å². The van der Waals surface area contributed by atoms with Crippen molar-refractivity contribution in [2.45, 2.75) is 25.5 Å². The first kappa shape index (κ1) is 14.3. The molecule has 20 heavy (non-hydrogen) atoms. The molecule has 3 atom stereocenters. The highest BCUT2D eigenvalue weighted by Gasteiger charge is 2.32. The fourth-order valence-corrected chi connectivity index (χ4v) is 2.36. The monoisotopic (exact) mass is 277 g/mol. The topological polar surface area (TPSA) is 96.9 Å². The maximum atomic E-state index is 12.3. The number of rotatable bonds is 4. The Labute approximate surface area is 117 Å². The standard InChI is InChI=1S/C14H19N3O3/c1-9-11(7-8-20-9)14(18)16-12(13(15)17-19)10-5-3-2-4-6-10/h2-6,9,11-12,19H,7-8H2,1H3,(H2,15,17)(H,16,18). The van der Waals surface area contributed by atoms with Crippen LogP contribution in [-0.4, -0.2) is 29.7 Å². The Balaban J connectivity index is 2.15. The molecule has 1 aliphatic heterocycles. The van der Waals surface area contributed by atoms with E-state index in [-0.39, 0.29) is 23.8 Å². The molecule has 1 aromatic rings. The summed E-state index contributed by atoms with van der Waals surface area (Å²) < 4.78 is 5.39. The van der Waals surface area contributed by atoms with Crippen LogP contribution in [0, 0.1) is 5.92 Å². The van der Waals surface area contributed by atoms with Gasteiger partial charge in [-0.2, -0.15) is 0 Å². The van der Waals surface area contributed by atoms with Gasteiger partial charge in [0.15, 0.2) is 5.84 Å². The van der Waals surface area contributed by atoms with E-state index in [9.17, 15) is 4.79 Å². The number of ether oxygens (including phenoxy) is 1. The smallest absolute Gasteiger partial charge is 0.226 e. The minimum absolute atomic E-state index is 0.0453. The maximum Gasteiger partial charge on any atom is 0.226 e. The zero-order chi connectivity index (χ0) is 14.5. The molecule has 0 aromatic heterocycles. The van der Waals surface area contributed by atoms with E-state index in [1.165, 1.54) is 0 Å². The Morgan fingerprint density at radius 1 is 1.50 bits per heavy atom. The van der Waals surface area contributed by atoms with Crippen LogP contribution < -0.4 is 11.1 Å². The molecule has 0 aliphatic carbocycles. The van der Waals surface area contributed by atoms with Crippen molar-refractivity contribution < 1.29 is 14.7 Å². The number of hydrogen-bond donors (Lipinski definition) is 3. The molecule has 4 N–H and O–H groups in total. The zero-order valence-electron chi connectivity index (χ0n) is 11.3. The zero-order valence-corrected chi connectivity index (χ0v) is 11.3. The normalized spacial score (nSPS) is 24.4. The van der Waals surface area contributed by atoms with Crippen molar-refractivity contribution in [3.63, 3.8) is 0 Å².